The molecule has 2 fully saturated rings. The minimum absolute atomic E-state index is 0.0500. The van der Waals surface area contributed by atoms with Crippen LogP contribution in [0.15, 0.2) is 18.2 Å². The van der Waals surface area contributed by atoms with Crippen molar-refractivity contribution < 1.29 is 28.6 Å². The van der Waals surface area contributed by atoms with Gasteiger partial charge in [-0.15, -0.1) is 0 Å². The van der Waals surface area contributed by atoms with E-state index in [1.54, 1.807) is 29.9 Å². The van der Waals surface area contributed by atoms with Crippen LogP contribution in [0.1, 0.15) is 18.9 Å². The summed E-state index contributed by atoms with van der Waals surface area (Å²) < 4.78 is 16.0. The number of benzene rings is 1. The highest BCUT2D eigenvalue weighted by Gasteiger charge is 2.38. The molecule has 2 aliphatic rings. The predicted octanol–water partition coefficient (Wildman–Crippen LogP) is 1.15. The standard InChI is InChI=1S/C20H26N2O6/c1-13-4-5-17(26-3)16(10-13)22-12-15(11-18(22)23)20(25)28-14(2)19(24)21-6-8-27-9-7-21/h4-5,10,14-15H,6-9,11-12H2,1-3H3/t14-,15-/m1/s1. The number of nitrogens with zero attached hydrogens (tertiary/aromatic N) is 2. The van der Waals surface area contributed by atoms with Crippen molar-refractivity contribution in [3.63, 3.8) is 0 Å². The van der Waals surface area contributed by atoms with Crippen LogP contribution in [0.5, 0.6) is 5.75 Å². The number of carbonyl (C=O) groups excluding carboxylic acids is 3. The molecule has 3 rings (SSSR count). The van der Waals surface area contributed by atoms with Gasteiger partial charge in [0.15, 0.2) is 6.10 Å². The summed E-state index contributed by atoms with van der Waals surface area (Å²) in [6.07, 6.45) is -0.836. The summed E-state index contributed by atoms with van der Waals surface area (Å²) in [6, 6.07) is 5.55. The molecule has 2 amide bonds. The number of hydrogen-bond acceptors (Lipinski definition) is 6. The molecule has 2 atom stereocenters. The third-order valence-corrected chi connectivity index (χ3v) is 5.05. The maximum Gasteiger partial charge on any atom is 0.312 e. The Labute approximate surface area is 164 Å². The fourth-order valence-electron chi connectivity index (χ4n) is 3.47. The van der Waals surface area contributed by atoms with Gasteiger partial charge >= 0.3 is 5.97 Å². The van der Waals surface area contributed by atoms with E-state index in [2.05, 4.69) is 0 Å². The average Bonchev–Trinajstić information content (AvgIpc) is 3.09. The lowest BCUT2D eigenvalue weighted by molar-refractivity contribution is -0.163. The molecule has 0 bridgehead atoms. The van der Waals surface area contributed by atoms with Crippen LogP contribution in [0.3, 0.4) is 0 Å². The average molecular weight is 390 g/mol. The summed E-state index contributed by atoms with van der Waals surface area (Å²) in [5, 5.41) is 0. The summed E-state index contributed by atoms with van der Waals surface area (Å²) in [4.78, 5) is 40.7. The van der Waals surface area contributed by atoms with E-state index in [9.17, 15) is 14.4 Å². The zero-order valence-corrected chi connectivity index (χ0v) is 16.5. The number of amides is 2. The van der Waals surface area contributed by atoms with Crippen LogP contribution in [-0.2, 0) is 23.9 Å². The van der Waals surface area contributed by atoms with E-state index in [1.165, 1.54) is 0 Å². The van der Waals surface area contributed by atoms with Crippen molar-refractivity contribution in [3.05, 3.63) is 23.8 Å². The third kappa shape index (κ3) is 4.27. The van der Waals surface area contributed by atoms with Crippen molar-refractivity contribution in [3.8, 4) is 5.75 Å². The molecule has 2 saturated heterocycles. The van der Waals surface area contributed by atoms with E-state index < -0.39 is 18.0 Å². The quantitative estimate of drug-likeness (QED) is 0.701. The second-order valence-corrected chi connectivity index (χ2v) is 7.10. The molecule has 8 heteroatoms. The molecule has 2 aliphatic heterocycles. The van der Waals surface area contributed by atoms with Crippen LogP contribution in [0.4, 0.5) is 5.69 Å². The maximum atomic E-state index is 12.6. The lowest BCUT2D eigenvalue weighted by Gasteiger charge is -2.29. The largest absolute Gasteiger partial charge is 0.495 e. The van der Waals surface area contributed by atoms with Gasteiger partial charge in [-0.2, -0.15) is 0 Å². The first-order chi connectivity index (χ1) is 13.4. The number of esters is 1. The Kier molecular flexibility index (Phi) is 6.18. The number of carbonyl (C=O) groups is 3. The van der Waals surface area contributed by atoms with Gasteiger partial charge in [-0.05, 0) is 31.5 Å². The minimum Gasteiger partial charge on any atom is -0.495 e. The van der Waals surface area contributed by atoms with Gasteiger partial charge in [0.05, 0.1) is 31.9 Å². The second kappa shape index (κ2) is 8.60. The number of anilines is 1. The number of methoxy groups -OCH3 is 1. The summed E-state index contributed by atoms with van der Waals surface area (Å²) in [7, 11) is 1.54. The molecule has 152 valence electrons. The third-order valence-electron chi connectivity index (χ3n) is 5.05. The van der Waals surface area contributed by atoms with E-state index in [0.29, 0.717) is 37.7 Å². The highest BCUT2D eigenvalue weighted by Crippen LogP contribution is 2.34. The van der Waals surface area contributed by atoms with E-state index in [0.717, 1.165) is 5.56 Å². The van der Waals surface area contributed by atoms with Gasteiger partial charge in [-0.3, -0.25) is 14.4 Å². The molecular weight excluding hydrogens is 364 g/mol. The molecule has 8 nitrogen and oxygen atoms in total. The first-order valence-electron chi connectivity index (χ1n) is 9.42. The van der Waals surface area contributed by atoms with E-state index in [1.807, 2.05) is 19.1 Å². The molecule has 1 aromatic rings. The van der Waals surface area contributed by atoms with Gasteiger partial charge in [0.2, 0.25) is 5.91 Å². The van der Waals surface area contributed by atoms with Gasteiger partial charge in [-0.25, -0.2) is 0 Å². The second-order valence-electron chi connectivity index (χ2n) is 7.10. The van der Waals surface area contributed by atoms with Crippen LogP contribution in [-0.4, -0.2) is 68.7 Å². The summed E-state index contributed by atoms with van der Waals surface area (Å²) in [5.41, 5.74) is 1.62. The first kappa shape index (κ1) is 20.1. The number of morpholine rings is 1. The molecule has 0 spiro atoms. The Balaban J connectivity index is 1.63. The fourth-order valence-corrected chi connectivity index (χ4v) is 3.47. The van der Waals surface area contributed by atoms with Gasteiger partial charge in [0, 0.05) is 26.1 Å². The summed E-state index contributed by atoms with van der Waals surface area (Å²) in [5.74, 6) is -0.978. The molecule has 28 heavy (non-hydrogen) atoms. The molecule has 1 aromatic carbocycles. The minimum atomic E-state index is -0.886. The highest BCUT2D eigenvalue weighted by molar-refractivity contribution is 6.00. The Morgan fingerprint density at radius 1 is 1.25 bits per heavy atom. The predicted molar refractivity (Wildman–Crippen MR) is 101 cm³/mol. The van der Waals surface area contributed by atoms with Crippen molar-refractivity contribution in [1.29, 1.82) is 0 Å². The molecule has 0 aromatic heterocycles. The fraction of sp³-hybridized carbons (Fsp3) is 0.550. The Morgan fingerprint density at radius 2 is 1.96 bits per heavy atom. The van der Waals surface area contributed by atoms with Crippen LogP contribution < -0.4 is 9.64 Å². The van der Waals surface area contributed by atoms with Crippen LogP contribution >= 0.6 is 0 Å². The lowest BCUT2D eigenvalue weighted by atomic mass is 10.1. The summed E-state index contributed by atoms with van der Waals surface area (Å²) >= 11 is 0. The number of aryl methyl sites for hydroxylation is 1. The molecule has 0 saturated carbocycles. The van der Waals surface area contributed by atoms with Gasteiger partial charge in [-0.1, -0.05) is 6.07 Å². The zero-order chi connectivity index (χ0) is 20.3. The molecular formula is C20H26N2O6. The van der Waals surface area contributed by atoms with E-state index in [-0.39, 0.29) is 24.8 Å². The monoisotopic (exact) mass is 390 g/mol. The molecule has 0 unspecified atom stereocenters. The first-order valence-corrected chi connectivity index (χ1v) is 9.42. The van der Waals surface area contributed by atoms with Crippen molar-refractivity contribution >= 4 is 23.5 Å². The number of rotatable bonds is 5. The zero-order valence-electron chi connectivity index (χ0n) is 16.5. The molecule has 0 N–H and O–H groups in total. The normalized spacial score (nSPS) is 20.8. The van der Waals surface area contributed by atoms with Crippen LogP contribution in [0.25, 0.3) is 0 Å². The SMILES string of the molecule is COc1ccc(C)cc1N1C[C@H](C(=O)O[C@H](C)C(=O)N2CCOCC2)CC1=O. The Bertz CT molecular complexity index is 759. The van der Waals surface area contributed by atoms with Crippen molar-refractivity contribution in [2.45, 2.75) is 26.4 Å². The highest BCUT2D eigenvalue weighted by atomic mass is 16.5. The topological polar surface area (TPSA) is 85.4 Å². The van der Waals surface area contributed by atoms with E-state index >= 15 is 0 Å². The molecule has 0 aliphatic carbocycles. The molecule has 2 heterocycles. The van der Waals surface area contributed by atoms with Gasteiger partial charge in [0.1, 0.15) is 5.75 Å². The molecule has 0 radical (unpaired) electrons. The smallest absolute Gasteiger partial charge is 0.312 e. The van der Waals surface area contributed by atoms with Gasteiger partial charge in [0.25, 0.3) is 5.91 Å². The van der Waals surface area contributed by atoms with Gasteiger partial charge < -0.3 is 24.0 Å². The maximum absolute atomic E-state index is 12.6. The number of hydrogen-bond donors (Lipinski definition) is 0. The van der Waals surface area contributed by atoms with Crippen molar-refractivity contribution in [2.75, 3.05) is 44.9 Å². The number of ether oxygens (including phenoxy) is 3. The Hall–Kier alpha value is -2.61. The summed E-state index contributed by atoms with van der Waals surface area (Å²) in [6.45, 7) is 5.64. The van der Waals surface area contributed by atoms with Crippen LogP contribution in [0.2, 0.25) is 0 Å². The van der Waals surface area contributed by atoms with E-state index in [4.69, 9.17) is 14.2 Å². The van der Waals surface area contributed by atoms with Crippen LogP contribution in [0, 0.1) is 12.8 Å². The van der Waals surface area contributed by atoms with Crippen molar-refractivity contribution in [1.82, 2.24) is 4.90 Å². The lowest BCUT2D eigenvalue weighted by Crippen LogP contribution is -2.46. The van der Waals surface area contributed by atoms with Crippen molar-refractivity contribution in [2.24, 2.45) is 5.92 Å². The Morgan fingerprint density at radius 3 is 2.64 bits per heavy atom.